The minimum atomic E-state index is -3.87. The summed E-state index contributed by atoms with van der Waals surface area (Å²) in [6.45, 7) is 1.73. The summed E-state index contributed by atoms with van der Waals surface area (Å²) in [6.07, 6.45) is 5.77. The highest BCUT2D eigenvalue weighted by Crippen LogP contribution is 2.48. The van der Waals surface area contributed by atoms with E-state index in [0.717, 1.165) is 0 Å². The molecule has 0 N–H and O–H groups in total. The smallest absolute Gasteiger partial charge is 0.245 e. The molecule has 3 aliphatic rings. The van der Waals surface area contributed by atoms with Gasteiger partial charge < -0.3 is 14.4 Å². The van der Waals surface area contributed by atoms with Gasteiger partial charge in [0.15, 0.2) is 14.6 Å². The van der Waals surface area contributed by atoms with Crippen LogP contribution in [0.4, 0.5) is 4.39 Å². The van der Waals surface area contributed by atoms with Crippen LogP contribution in [0.1, 0.15) is 31.7 Å². The molecule has 1 aromatic carbocycles. The lowest BCUT2D eigenvalue weighted by Gasteiger charge is -2.52. The van der Waals surface area contributed by atoms with Gasteiger partial charge in [-0.25, -0.2) is 12.8 Å². The predicted octanol–water partition coefficient (Wildman–Crippen LogP) is 4.26. The summed E-state index contributed by atoms with van der Waals surface area (Å²) in [5, 5.41) is 0. The van der Waals surface area contributed by atoms with Gasteiger partial charge in [-0.05, 0) is 43.5 Å². The summed E-state index contributed by atoms with van der Waals surface area (Å²) in [7, 11) is -0.804. The van der Waals surface area contributed by atoms with Crippen molar-refractivity contribution < 1.29 is 27.1 Å². The van der Waals surface area contributed by atoms with Gasteiger partial charge in [0.25, 0.3) is 0 Å². The molecule has 4 rings (SSSR count). The molecule has 2 aliphatic carbocycles. The number of carbonyl (C=O) groups is 1. The van der Waals surface area contributed by atoms with Crippen LogP contribution in [0.25, 0.3) is 0 Å². The van der Waals surface area contributed by atoms with Crippen molar-refractivity contribution in [3.63, 3.8) is 0 Å². The molecule has 1 aromatic rings. The normalized spacial score (nSPS) is 28.0. The second kappa shape index (κ2) is 8.58. The van der Waals surface area contributed by atoms with Gasteiger partial charge in [-0.1, -0.05) is 34.2 Å². The Kier molecular flexibility index (Phi) is 6.24. The Hall–Kier alpha value is -2.13. The van der Waals surface area contributed by atoms with Gasteiger partial charge in [0.05, 0.1) is 32.1 Å². The van der Waals surface area contributed by atoms with E-state index >= 15 is 4.39 Å². The molecule has 178 valence electrons. The number of ether oxygens (including phenoxy) is 2. The molecule has 1 heterocycles. The largest absolute Gasteiger partial charge is 0.497 e. The number of methoxy groups -OCH3 is 2. The van der Waals surface area contributed by atoms with Gasteiger partial charge in [0, 0.05) is 22.5 Å². The molecule has 0 radical (unpaired) electrons. The highest BCUT2D eigenvalue weighted by molar-refractivity contribution is 9.11. The Morgan fingerprint density at radius 1 is 1.21 bits per heavy atom. The zero-order chi connectivity index (χ0) is 24.0. The van der Waals surface area contributed by atoms with E-state index in [0.29, 0.717) is 21.5 Å². The standard InChI is InChI=1S/C24H27BrFNO5S/c1-23(19-12-17(25)7-9-20(19)26)15-33(29,30)24(10-4-5-11-24)22(28)27(23)14-16-6-8-18(31-2)13-21(16)32-3/h4-8,12-13,20H,9-11,14-15H2,1-3H3/t20?,23-/m0/s1. The van der Waals surface area contributed by atoms with Crippen molar-refractivity contribution in [2.75, 3.05) is 20.0 Å². The quantitative estimate of drug-likeness (QED) is 0.523. The third-order valence-corrected chi connectivity index (χ3v) is 10.1. The van der Waals surface area contributed by atoms with Crippen LogP contribution in [0.2, 0.25) is 0 Å². The van der Waals surface area contributed by atoms with Gasteiger partial charge in [-0.2, -0.15) is 0 Å². The Balaban J connectivity index is 1.86. The number of sulfone groups is 1. The molecule has 9 heteroatoms. The van der Waals surface area contributed by atoms with E-state index in [-0.39, 0.29) is 37.1 Å². The van der Waals surface area contributed by atoms with Crippen molar-refractivity contribution in [1.82, 2.24) is 4.90 Å². The van der Waals surface area contributed by atoms with Crippen molar-refractivity contribution in [3.8, 4) is 11.5 Å². The number of hydrogen-bond acceptors (Lipinski definition) is 5. The Morgan fingerprint density at radius 2 is 1.91 bits per heavy atom. The summed E-state index contributed by atoms with van der Waals surface area (Å²) in [5.41, 5.74) is -0.400. The second-order valence-corrected chi connectivity index (χ2v) is 12.1. The number of amides is 1. The first kappa shape index (κ1) is 24.0. The van der Waals surface area contributed by atoms with Crippen LogP contribution in [-0.2, 0) is 21.2 Å². The fourth-order valence-electron chi connectivity index (χ4n) is 5.02. The molecule has 2 atom stereocenters. The lowest BCUT2D eigenvalue weighted by Crippen LogP contribution is -2.69. The Morgan fingerprint density at radius 3 is 2.55 bits per heavy atom. The first-order valence-electron chi connectivity index (χ1n) is 10.7. The van der Waals surface area contributed by atoms with Crippen molar-refractivity contribution in [2.24, 2.45) is 0 Å². The molecular formula is C24H27BrFNO5S. The number of halogens is 2. The minimum Gasteiger partial charge on any atom is -0.497 e. The molecular weight excluding hydrogens is 513 g/mol. The maximum absolute atomic E-state index is 15.2. The molecule has 1 spiro atoms. The van der Waals surface area contributed by atoms with Gasteiger partial charge in [0.2, 0.25) is 5.91 Å². The van der Waals surface area contributed by atoms with E-state index in [4.69, 9.17) is 9.47 Å². The Bertz CT molecular complexity index is 1170. The molecule has 0 aromatic heterocycles. The molecule has 1 saturated heterocycles. The highest BCUT2D eigenvalue weighted by Gasteiger charge is 2.62. The van der Waals surface area contributed by atoms with Crippen molar-refractivity contribution in [2.45, 2.75) is 49.2 Å². The molecule has 1 aliphatic heterocycles. The van der Waals surface area contributed by atoms with Crippen LogP contribution in [0.15, 0.2) is 52.6 Å². The van der Waals surface area contributed by atoms with Gasteiger partial charge in [0.1, 0.15) is 17.7 Å². The zero-order valence-electron chi connectivity index (χ0n) is 18.8. The third kappa shape index (κ3) is 3.83. The van der Waals surface area contributed by atoms with Gasteiger partial charge in [-0.15, -0.1) is 0 Å². The summed E-state index contributed by atoms with van der Waals surface area (Å²) >= 11 is 3.40. The van der Waals surface area contributed by atoms with E-state index in [9.17, 15) is 13.2 Å². The third-order valence-electron chi connectivity index (χ3n) is 6.95. The molecule has 0 bridgehead atoms. The maximum Gasteiger partial charge on any atom is 0.245 e. The zero-order valence-corrected chi connectivity index (χ0v) is 21.2. The lowest BCUT2D eigenvalue weighted by atomic mass is 9.83. The molecule has 33 heavy (non-hydrogen) atoms. The van der Waals surface area contributed by atoms with Crippen molar-refractivity contribution in [3.05, 3.63) is 58.1 Å². The number of carbonyl (C=O) groups excluding carboxylic acids is 1. The molecule has 6 nitrogen and oxygen atoms in total. The van der Waals surface area contributed by atoms with Crippen molar-refractivity contribution >= 4 is 31.7 Å². The Labute approximate surface area is 202 Å². The number of benzene rings is 1. The number of alkyl halides is 1. The molecule has 1 amide bonds. The minimum absolute atomic E-state index is 0.0746. The second-order valence-electron chi connectivity index (χ2n) is 8.87. The van der Waals surface area contributed by atoms with E-state index in [1.165, 1.54) is 12.0 Å². The summed E-state index contributed by atoms with van der Waals surface area (Å²) in [6, 6.07) is 5.25. The van der Waals surface area contributed by atoms with E-state index in [1.54, 1.807) is 56.5 Å². The average molecular weight is 540 g/mol. The van der Waals surface area contributed by atoms with Gasteiger partial charge in [-0.3, -0.25) is 4.79 Å². The van der Waals surface area contributed by atoms with Crippen molar-refractivity contribution in [1.29, 1.82) is 0 Å². The summed E-state index contributed by atoms with van der Waals surface area (Å²) in [4.78, 5) is 15.5. The van der Waals surface area contributed by atoms with Gasteiger partial charge >= 0.3 is 0 Å². The first-order chi connectivity index (χ1) is 15.6. The molecule has 1 fully saturated rings. The monoisotopic (exact) mass is 539 g/mol. The van der Waals surface area contributed by atoms with E-state index < -0.39 is 32.2 Å². The lowest BCUT2D eigenvalue weighted by molar-refractivity contribution is -0.140. The molecule has 0 saturated carbocycles. The summed E-state index contributed by atoms with van der Waals surface area (Å²) in [5.74, 6) is 0.249. The maximum atomic E-state index is 15.2. The van der Waals surface area contributed by atoms with Crippen LogP contribution < -0.4 is 9.47 Å². The van der Waals surface area contributed by atoms with E-state index in [1.807, 2.05) is 0 Å². The summed E-state index contributed by atoms with van der Waals surface area (Å²) < 4.78 is 52.3. The topological polar surface area (TPSA) is 72.9 Å². The number of rotatable bonds is 5. The van der Waals surface area contributed by atoms with Crippen LogP contribution >= 0.6 is 15.9 Å². The number of hydrogen-bond donors (Lipinski definition) is 0. The first-order valence-corrected chi connectivity index (χ1v) is 13.1. The average Bonchev–Trinajstić information content (AvgIpc) is 3.29. The predicted molar refractivity (Wildman–Crippen MR) is 128 cm³/mol. The number of nitrogens with zero attached hydrogens (tertiary/aromatic N) is 1. The van der Waals surface area contributed by atoms with E-state index in [2.05, 4.69) is 15.9 Å². The van der Waals surface area contributed by atoms with Crippen LogP contribution in [0.5, 0.6) is 11.5 Å². The number of allylic oxidation sites excluding steroid dienone is 5. The van der Waals surface area contributed by atoms with Crippen LogP contribution in [-0.4, -0.2) is 55.7 Å². The van der Waals surface area contributed by atoms with Crippen LogP contribution in [0, 0.1) is 0 Å². The molecule has 1 unspecified atom stereocenters. The fourth-order valence-corrected chi connectivity index (χ4v) is 7.87. The fraction of sp³-hybridized carbons (Fsp3) is 0.458. The highest BCUT2D eigenvalue weighted by atomic mass is 79.9. The van der Waals surface area contributed by atoms with Crippen LogP contribution in [0.3, 0.4) is 0 Å². The SMILES string of the molecule is COc1ccc(CN2C(=O)C3(CC=CC3)S(=O)(=O)C[C@@]2(C)C2=CC(Br)=CCC2F)c(OC)c1.